The topological polar surface area (TPSA) is 21.3 Å². The molecule has 0 aliphatic rings. The second kappa shape index (κ2) is 8.03. The van der Waals surface area contributed by atoms with Gasteiger partial charge in [0.1, 0.15) is 0 Å². The zero-order valence-electron chi connectivity index (χ0n) is 12.6. The molecule has 0 aliphatic carbocycles. The van der Waals surface area contributed by atoms with Crippen molar-refractivity contribution in [2.24, 2.45) is 0 Å². The Balaban J connectivity index is 1.88. The van der Waals surface area contributed by atoms with Gasteiger partial charge >= 0.3 is 0 Å². The van der Waals surface area contributed by atoms with Gasteiger partial charge in [0, 0.05) is 13.7 Å². The van der Waals surface area contributed by atoms with Crippen molar-refractivity contribution in [2.45, 2.75) is 26.2 Å². The molecule has 0 amide bonds. The van der Waals surface area contributed by atoms with Crippen molar-refractivity contribution < 1.29 is 4.74 Å². The van der Waals surface area contributed by atoms with Gasteiger partial charge < -0.3 is 10.1 Å². The van der Waals surface area contributed by atoms with Gasteiger partial charge in [0.2, 0.25) is 0 Å². The molecule has 0 spiro atoms. The van der Waals surface area contributed by atoms with Gasteiger partial charge in [-0.2, -0.15) is 0 Å². The van der Waals surface area contributed by atoms with Crippen LogP contribution in [0, 0.1) is 6.92 Å². The van der Waals surface area contributed by atoms with E-state index in [-0.39, 0.29) is 0 Å². The SMILES string of the molecule is COCCNCCCCc1c(C)ccc2ccccc12. The second-order valence-corrected chi connectivity index (χ2v) is 5.28. The molecule has 2 rings (SSSR count). The largest absolute Gasteiger partial charge is 0.383 e. The Bertz CT molecular complexity index is 536. The van der Waals surface area contributed by atoms with E-state index < -0.39 is 0 Å². The van der Waals surface area contributed by atoms with E-state index in [1.165, 1.54) is 41.2 Å². The first-order valence-corrected chi connectivity index (χ1v) is 7.50. The van der Waals surface area contributed by atoms with Crippen LogP contribution in [0.15, 0.2) is 36.4 Å². The molecule has 2 aromatic rings. The molecule has 0 unspecified atom stereocenters. The summed E-state index contributed by atoms with van der Waals surface area (Å²) in [4.78, 5) is 0. The molecule has 0 radical (unpaired) electrons. The Kier molecular flexibility index (Phi) is 6.03. The summed E-state index contributed by atoms with van der Waals surface area (Å²) in [5.74, 6) is 0. The van der Waals surface area contributed by atoms with Crippen molar-refractivity contribution in [3.63, 3.8) is 0 Å². The first-order chi connectivity index (χ1) is 9.83. The van der Waals surface area contributed by atoms with Crippen LogP contribution < -0.4 is 5.32 Å². The lowest BCUT2D eigenvalue weighted by atomic mass is 9.96. The van der Waals surface area contributed by atoms with E-state index in [1.54, 1.807) is 7.11 Å². The van der Waals surface area contributed by atoms with Gasteiger partial charge in [-0.05, 0) is 54.6 Å². The zero-order chi connectivity index (χ0) is 14.2. The average Bonchev–Trinajstić information content (AvgIpc) is 2.48. The quantitative estimate of drug-likeness (QED) is 0.739. The molecule has 0 aromatic heterocycles. The van der Waals surface area contributed by atoms with Gasteiger partial charge in [-0.3, -0.25) is 0 Å². The fourth-order valence-electron chi connectivity index (χ4n) is 2.63. The van der Waals surface area contributed by atoms with Crippen LogP contribution in [0.25, 0.3) is 10.8 Å². The number of benzene rings is 2. The molecule has 2 nitrogen and oxygen atoms in total. The van der Waals surface area contributed by atoms with E-state index in [4.69, 9.17) is 4.74 Å². The first kappa shape index (κ1) is 15.0. The van der Waals surface area contributed by atoms with E-state index in [1.807, 2.05) is 0 Å². The van der Waals surface area contributed by atoms with Crippen molar-refractivity contribution in [3.05, 3.63) is 47.5 Å². The molecule has 0 heterocycles. The number of hydrogen-bond donors (Lipinski definition) is 1. The third kappa shape index (κ3) is 4.06. The van der Waals surface area contributed by atoms with Crippen molar-refractivity contribution in [1.82, 2.24) is 5.32 Å². The minimum Gasteiger partial charge on any atom is -0.383 e. The molecular formula is C18H25NO. The van der Waals surface area contributed by atoms with E-state index in [2.05, 4.69) is 48.6 Å². The molecule has 0 bridgehead atoms. The highest BCUT2D eigenvalue weighted by molar-refractivity contribution is 5.86. The van der Waals surface area contributed by atoms with Gasteiger partial charge in [0.25, 0.3) is 0 Å². The second-order valence-electron chi connectivity index (χ2n) is 5.28. The fraction of sp³-hybridized carbons (Fsp3) is 0.444. The summed E-state index contributed by atoms with van der Waals surface area (Å²) in [6, 6.07) is 13.2. The molecule has 0 aliphatic heterocycles. The van der Waals surface area contributed by atoms with Gasteiger partial charge in [-0.25, -0.2) is 0 Å². The molecule has 0 saturated heterocycles. The van der Waals surface area contributed by atoms with Gasteiger partial charge in [-0.15, -0.1) is 0 Å². The number of unbranched alkanes of at least 4 members (excludes halogenated alkanes) is 1. The minimum atomic E-state index is 0.794. The maximum absolute atomic E-state index is 5.02. The lowest BCUT2D eigenvalue weighted by molar-refractivity contribution is 0.199. The molecule has 0 atom stereocenters. The summed E-state index contributed by atoms with van der Waals surface area (Å²) < 4.78 is 5.02. The maximum atomic E-state index is 5.02. The predicted octanol–water partition coefficient (Wildman–Crippen LogP) is 3.71. The van der Waals surface area contributed by atoms with Crippen LogP contribution in [0.3, 0.4) is 0 Å². The highest BCUT2D eigenvalue weighted by Crippen LogP contribution is 2.23. The monoisotopic (exact) mass is 271 g/mol. The number of nitrogens with one attached hydrogen (secondary N) is 1. The molecule has 2 heteroatoms. The minimum absolute atomic E-state index is 0.794. The van der Waals surface area contributed by atoms with E-state index in [0.717, 1.165) is 19.7 Å². The van der Waals surface area contributed by atoms with Gasteiger partial charge in [-0.1, -0.05) is 36.4 Å². The Hall–Kier alpha value is -1.38. The van der Waals surface area contributed by atoms with Crippen LogP contribution in [0.2, 0.25) is 0 Å². The van der Waals surface area contributed by atoms with E-state index in [9.17, 15) is 0 Å². The molecule has 0 saturated carbocycles. The summed E-state index contributed by atoms with van der Waals surface area (Å²) in [6.45, 7) is 5.04. The van der Waals surface area contributed by atoms with Gasteiger partial charge in [0.05, 0.1) is 6.61 Å². The standard InChI is InChI=1S/C18H25NO/c1-15-10-11-16-7-3-4-9-18(16)17(15)8-5-6-12-19-13-14-20-2/h3-4,7,9-11,19H,5-6,8,12-14H2,1-2H3. The molecule has 2 aromatic carbocycles. The number of methoxy groups -OCH3 is 1. The molecule has 108 valence electrons. The number of fused-ring (bicyclic) bond motifs is 1. The molecule has 0 fully saturated rings. The number of rotatable bonds is 8. The summed E-state index contributed by atoms with van der Waals surface area (Å²) in [6.07, 6.45) is 3.61. The Morgan fingerprint density at radius 1 is 1.00 bits per heavy atom. The van der Waals surface area contributed by atoms with Crippen LogP contribution in [0.5, 0.6) is 0 Å². The van der Waals surface area contributed by atoms with E-state index in [0.29, 0.717) is 0 Å². The summed E-state index contributed by atoms with van der Waals surface area (Å²) >= 11 is 0. The summed E-state index contributed by atoms with van der Waals surface area (Å²) in [5.41, 5.74) is 2.93. The van der Waals surface area contributed by atoms with Gasteiger partial charge in [0.15, 0.2) is 0 Å². The van der Waals surface area contributed by atoms with Crippen LogP contribution in [-0.2, 0) is 11.2 Å². The lowest BCUT2D eigenvalue weighted by Crippen LogP contribution is -2.20. The van der Waals surface area contributed by atoms with Crippen LogP contribution >= 0.6 is 0 Å². The third-order valence-corrected chi connectivity index (χ3v) is 3.79. The van der Waals surface area contributed by atoms with Crippen LogP contribution in [0.4, 0.5) is 0 Å². The highest BCUT2D eigenvalue weighted by atomic mass is 16.5. The van der Waals surface area contributed by atoms with Crippen LogP contribution in [0.1, 0.15) is 24.0 Å². The number of aryl methyl sites for hydroxylation is 2. The molecule has 20 heavy (non-hydrogen) atoms. The fourth-order valence-corrected chi connectivity index (χ4v) is 2.63. The Morgan fingerprint density at radius 3 is 2.70 bits per heavy atom. The molecule has 1 N–H and O–H groups in total. The van der Waals surface area contributed by atoms with Crippen molar-refractivity contribution in [2.75, 3.05) is 26.8 Å². The highest BCUT2D eigenvalue weighted by Gasteiger charge is 2.04. The first-order valence-electron chi connectivity index (χ1n) is 7.50. The smallest absolute Gasteiger partial charge is 0.0587 e. The number of ether oxygens (including phenoxy) is 1. The Morgan fingerprint density at radius 2 is 1.85 bits per heavy atom. The average molecular weight is 271 g/mol. The van der Waals surface area contributed by atoms with E-state index >= 15 is 0 Å². The number of hydrogen-bond acceptors (Lipinski definition) is 2. The normalized spacial score (nSPS) is 11.1. The predicted molar refractivity (Wildman–Crippen MR) is 86.4 cm³/mol. The Labute approximate surface area is 122 Å². The third-order valence-electron chi connectivity index (χ3n) is 3.79. The summed E-state index contributed by atoms with van der Waals surface area (Å²) in [7, 11) is 1.74. The zero-order valence-corrected chi connectivity index (χ0v) is 12.6. The van der Waals surface area contributed by atoms with Crippen molar-refractivity contribution >= 4 is 10.8 Å². The summed E-state index contributed by atoms with van der Waals surface area (Å²) in [5, 5.41) is 6.17. The van der Waals surface area contributed by atoms with Crippen molar-refractivity contribution in [3.8, 4) is 0 Å². The van der Waals surface area contributed by atoms with Crippen LogP contribution in [-0.4, -0.2) is 26.8 Å². The molecular weight excluding hydrogens is 246 g/mol. The van der Waals surface area contributed by atoms with Crippen molar-refractivity contribution in [1.29, 1.82) is 0 Å². The maximum Gasteiger partial charge on any atom is 0.0587 e. The lowest BCUT2D eigenvalue weighted by Gasteiger charge is -2.10.